The Morgan fingerprint density at radius 1 is 1.08 bits per heavy atom. The number of halogens is 1. The van der Waals surface area contributed by atoms with Gasteiger partial charge < -0.3 is 17.1 Å². The van der Waals surface area contributed by atoms with Gasteiger partial charge in [-0.15, -0.1) is 0 Å². The fourth-order valence-corrected chi connectivity index (χ4v) is 3.79. The predicted molar refractivity (Wildman–Crippen MR) is 94.0 cm³/mol. The molecular weight excluding hydrogens is 322 g/mol. The molecule has 1 aromatic rings. The van der Waals surface area contributed by atoms with E-state index in [0.717, 1.165) is 42.5 Å². The van der Waals surface area contributed by atoms with Crippen molar-refractivity contribution in [2.24, 2.45) is 5.92 Å². The second-order valence-electron chi connectivity index (χ2n) is 6.82. The number of carbonyl (C=O) groups is 1. The second kappa shape index (κ2) is 10.0. The Morgan fingerprint density at radius 2 is 1.62 bits per heavy atom. The van der Waals surface area contributed by atoms with Crippen LogP contribution >= 0.6 is 0 Å². The Balaban J connectivity index is 0.00000288. The molecule has 0 N–H and O–H groups in total. The molecule has 0 heterocycles. The number of carbonyl (C=O) groups excluding carboxylic acids is 1. The first kappa shape index (κ1) is 21.0. The van der Waals surface area contributed by atoms with Crippen molar-refractivity contribution in [3.05, 3.63) is 35.9 Å². The molecule has 2 rings (SSSR count). The fraction of sp³-hybridized carbons (Fsp3) is 0.650. The molecule has 0 radical (unpaired) electrons. The van der Waals surface area contributed by atoms with Gasteiger partial charge in [-0.2, -0.15) is 0 Å². The summed E-state index contributed by atoms with van der Waals surface area (Å²) >= 11 is 0. The van der Waals surface area contributed by atoms with Gasteiger partial charge in [0.25, 0.3) is 0 Å². The van der Waals surface area contributed by atoms with Crippen molar-refractivity contribution < 1.29 is 26.4 Å². The van der Waals surface area contributed by atoms with Crippen LogP contribution in [0.2, 0.25) is 0 Å². The SMILES string of the molecule is CC[N+](CC)(CC)COC(=O)C(c1ccccc1)C1CCCC1.[Cl-]. The van der Waals surface area contributed by atoms with Crippen molar-refractivity contribution in [3.8, 4) is 0 Å². The van der Waals surface area contributed by atoms with Gasteiger partial charge in [0.2, 0.25) is 6.73 Å². The summed E-state index contributed by atoms with van der Waals surface area (Å²) in [4.78, 5) is 12.9. The number of ether oxygens (including phenoxy) is 1. The van der Waals surface area contributed by atoms with Gasteiger partial charge in [-0.3, -0.25) is 9.28 Å². The Kier molecular flexibility index (Phi) is 8.79. The molecule has 0 aromatic heterocycles. The summed E-state index contributed by atoms with van der Waals surface area (Å²) < 4.78 is 6.69. The zero-order valence-electron chi connectivity index (χ0n) is 15.3. The Bertz CT molecular complexity index is 473. The Hall–Kier alpha value is -1.06. The molecule has 24 heavy (non-hydrogen) atoms. The van der Waals surface area contributed by atoms with Crippen molar-refractivity contribution in [1.82, 2.24) is 0 Å². The molecule has 136 valence electrons. The van der Waals surface area contributed by atoms with E-state index in [4.69, 9.17) is 4.74 Å². The molecule has 1 aliphatic rings. The quantitative estimate of drug-likeness (QED) is 0.400. The maximum atomic E-state index is 12.9. The minimum atomic E-state index is -0.0915. The van der Waals surface area contributed by atoms with Gasteiger partial charge in [-0.1, -0.05) is 43.2 Å². The molecule has 1 unspecified atom stereocenters. The summed E-state index contributed by atoms with van der Waals surface area (Å²) in [6, 6.07) is 10.2. The van der Waals surface area contributed by atoms with Gasteiger partial charge in [0, 0.05) is 0 Å². The summed E-state index contributed by atoms with van der Waals surface area (Å²) in [6.45, 7) is 10.0. The molecule has 0 spiro atoms. The standard InChI is InChI=1S/C20H32NO2.ClH/c1-4-21(5-2,6-3)16-23-20(22)19(18-14-10-11-15-18)17-12-8-7-9-13-17;/h7-9,12-13,18-19H,4-6,10-11,14-16H2,1-3H3;1H/q+1;/p-1. The van der Waals surface area contributed by atoms with Crippen LogP contribution in [0.15, 0.2) is 30.3 Å². The third-order valence-electron chi connectivity index (χ3n) is 5.78. The smallest absolute Gasteiger partial charge is 0.317 e. The molecule has 1 fully saturated rings. The summed E-state index contributed by atoms with van der Waals surface area (Å²) in [7, 11) is 0. The van der Waals surface area contributed by atoms with Gasteiger partial charge in [-0.25, -0.2) is 0 Å². The van der Waals surface area contributed by atoms with Crippen LogP contribution < -0.4 is 12.4 Å². The third kappa shape index (κ3) is 4.97. The van der Waals surface area contributed by atoms with E-state index >= 15 is 0 Å². The minimum Gasteiger partial charge on any atom is -1.00 e. The van der Waals surface area contributed by atoms with E-state index in [2.05, 4.69) is 32.9 Å². The zero-order chi connectivity index (χ0) is 16.7. The van der Waals surface area contributed by atoms with Gasteiger partial charge in [0.15, 0.2) is 0 Å². The maximum absolute atomic E-state index is 12.9. The van der Waals surface area contributed by atoms with Crippen molar-refractivity contribution in [1.29, 1.82) is 0 Å². The van der Waals surface area contributed by atoms with Crippen molar-refractivity contribution >= 4 is 5.97 Å². The molecule has 1 aliphatic carbocycles. The number of esters is 1. The van der Waals surface area contributed by atoms with E-state index in [1.807, 2.05) is 18.2 Å². The average Bonchev–Trinajstić information content (AvgIpc) is 3.12. The van der Waals surface area contributed by atoms with Crippen LogP contribution in [0.1, 0.15) is 57.9 Å². The number of benzene rings is 1. The summed E-state index contributed by atoms with van der Waals surface area (Å²) in [5, 5.41) is 0. The lowest BCUT2D eigenvalue weighted by atomic mass is 9.85. The number of hydrogen-bond donors (Lipinski definition) is 0. The predicted octanol–water partition coefficient (Wildman–Crippen LogP) is 1.34. The number of hydrogen-bond acceptors (Lipinski definition) is 2. The number of nitrogens with zero attached hydrogens (tertiary/aromatic N) is 1. The lowest BCUT2D eigenvalue weighted by Crippen LogP contribution is -3.00. The van der Waals surface area contributed by atoms with Crippen molar-refractivity contribution in [2.75, 3.05) is 26.4 Å². The molecule has 1 saturated carbocycles. The van der Waals surface area contributed by atoms with Crippen LogP contribution in [-0.4, -0.2) is 36.8 Å². The molecule has 0 bridgehead atoms. The van der Waals surface area contributed by atoms with Gasteiger partial charge in [0.1, 0.15) is 0 Å². The van der Waals surface area contributed by atoms with Crippen molar-refractivity contribution in [2.45, 2.75) is 52.4 Å². The van der Waals surface area contributed by atoms with Crippen LogP contribution in [0, 0.1) is 5.92 Å². The summed E-state index contributed by atoms with van der Waals surface area (Å²) in [6.07, 6.45) is 4.76. The first-order valence-electron chi connectivity index (χ1n) is 9.22. The van der Waals surface area contributed by atoms with E-state index in [1.165, 1.54) is 12.8 Å². The van der Waals surface area contributed by atoms with Crippen LogP contribution in [-0.2, 0) is 9.53 Å². The molecule has 4 heteroatoms. The monoisotopic (exact) mass is 353 g/mol. The first-order chi connectivity index (χ1) is 11.2. The molecule has 1 aromatic carbocycles. The largest absolute Gasteiger partial charge is 1.00 e. The molecule has 0 amide bonds. The summed E-state index contributed by atoms with van der Waals surface area (Å²) in [5.74, 6) is 0.323. The second-order valence-corrected chi connectivity index (χ2v) is 6.82. The maximum Gasteiger partial charge on any atom is 0.317 e. The highest BCUT2D eigenvalue weighted by Crippen LogP contribution is 2.38. The average molecular weight is 354 g/mol. The first-order valence-corrected chi connectivity index (χ1v) is 9.22. The Labute approximate surface area is 153 Å². The molecular formula is C20H32ClNO2. The van der Waals surface area contributed by atoms with Crippen molar-refractivity contribution in [3.63, 3.8) is 0 Å². The van der Waals surface area contributed by atoms with E-state index in [-0.39, 0.29) is 24.3 Å². The zero-order valence-corrected chi connectivity index (χ0v) is 16.1. The lowest BCUT2D eigenvalue weighted by Gasteiger charge is -2.35. The van der Waals surface area contributed by atoms with Crippen LogP contribution in [0.3, 0.4) is 0 Å². The number of quaternary nitrogens is 1. The normalized spacial score (nSPS) is 16.5. The van der Waals surface area contributed by atoms with E-state index < -0.39 is 0 Å². The van der Waals surface area contributed by atoms with Crippen LogP contribution in [0.5, 0.6) is 0 Å². The van der Waals surface area contributed by atoms with E-state index in [9.17, 15) is 4.79 Å². The molecule has 1 atom stereocenters. The summed E-state index contributed by atoms with van der Waals surface area (Å²) in [5.41, 5.74) is 1.12. The van der Waals surface area contributed by atoms with Crippen LogP contribution in [0.4, 0.5) is 0 Å². The topological polar surface area (TPSA) is 26.3 Å². The highest BCUT2D eigenvalue weighted by molar-refractivity contribution is 5.78. The third-order valence-corrected chi connectivity index (χ3v) is 5.78. The van der Waals surface area contributed by atoms with Gasteiger partial charge in [0.05, 0.1) is 25.6 Å². The molecule has 0 saturated heterocycles. The lowest BCUT2D eigenvalue weighted by molar-refractivity contribution is -0.938. The molecule has 0 aliphatic heterocycles. The minimum absolute atomic E-state index is 0. The molecule has 3 nitrogen and oxygen atoms in total. The van der Waals surface area contributed by atoms with E-state index in [0.29, 0.717) is 12.6 Å². The highest BCUT2D eigenvalue weighted by atomic mass is 35.5. The van der Waals surface area contributed by atoms with Gasteiger partial charge >= 0.3 is 5.97 Å². The van der Waals surface area contributed by atoms with E-state index in [1.54, 1.807) is 0 Å². The Morgan fingerprint density at radius 3 is 2.12 bits per heavy atom. The fourth-order valence-electron chi connectivity index (χ4n) is 3.79. The van der Waals surface area contributed by atoms with Gasteiger partial charge in [-0.05, 0) is 45.1 Å². The van der Waals surface area contributed by atoms with Crippen LogP contribution in [0.25, 0.3) is 0 Å². The number of rotatable bonds is 8. The highest BCUT2D eigenvalue weighted by Gasteiger charge is 2.34.